The normalized spacial score (nSPS) is 20.1. The molecule has 0 atom stereocenters. The lowest BCUT2D eigenvalue weighted by Crippen LogP contribution is -2.43. The van der Waals surface area contributed by atoms with Crippen molar-refractivity contribution in [3.8, 4) is 0 Å². The number of benzene rings is 2. The Morgan fingerprint density at radius 1 is 0.925 bits per heavy atom. The summed E-state index contributed by atoms with van der Waals surface area (Å²) in [7, 11) is 0. The van der Waals surface area contributed by atoms with Gasteiger partial charge in [-0.2, -0.15) is 0 Å². The van der Waals surface area contributed by atoms with Gasteiger partial charge in [0.15, 0.2) is 0 Å². The maximum atomic E-state index is 12.1. The molecule has 3 heterocycles. The number of para-hydroxylation sites is 1. The summed E-state index contributed by atoms with van der Waals surface area (Å²) in [6.07, 6.45) is 9.36. The molecular formula is C31H30N6O2S. The van der Waals surface area contributed by atoms with Gasteiger partial charge in [0.05, 0.1) is 16.1 Å². The molecule has 2 aliphatic rings. The number of aromatic nitrogens is 3. The molecule has 40 heavy (non-hydrogen) atoms. The highest BCUT2D eigenvalue weighted by Crippen LogP contribution is 2.29. The highest BCUT2D eigenvalue weighted by atomic mass is 32.2. The molecular weight excluding hydrogens is 520 g/mol. The maximum absolute atomic E-state index is 12.1. The highest BCUT2D eigenvalue weighted by Gasteiger charge is 2.29. The Morgan fingerprint density at radius 2 is 1.75 bits per heavy atom. The monoisotopic (exact) mass is 550 g/mol. The fourth-order valence-electron chi connectivity index (χ4n) is 5.44. The van der Waals surface area contributed by atoms with Crippen LogP contribution in [-0.4, -0.2) is 38.2 Å². The summed E-state index contributed by atoms with van der Waals surface area (Å²) in [4.78, 5) is 40.3. The van der Waals surface area contributed by atoms with Gasteiger partial charge < -0.3 is 10.2 Å². The van der Waals surface area contributed by atoms with Crippen molar-refractivity contribution in [2.24, 2.45) is 0 Å². The van der Waals surface area contributed by atoms with E-state index >= 15 is 0 Å². The summed E-state index contributed by atoms with van der Waals surface area (Å²) in [5.41, 5.74) is 4.08. The summed E-state index contributed by atoms with van der Waals surface area (Å²) in [5, 5.41) is 6.87. The van der Waals surface area contributed by atoms with Gasteiger partial charge >= 0.3 is 0 Å². The molecule has 2 N–H and O–H groups in total. The number of pyridine rings is 1. The number of anilines is 1. The number of rotatable bonds is 8. The SMILES string of the molecule is O=C1NC(=O)C(=Cc2ccnc(N(Cc3ccccc3)C3CCC(NCc4cccc5cccnc45)CC3)n2)S1. The number of nitrogens with one attached hydrogen (secondary N) is 2. The number of carbonyl (C=O) groups excluding carboxylic acids is 2. The van der Waals surface area contributed by atoms with Gasteiger partial charge in [-0.3, -0.25) is 19.9 Å². The average Bonchev–Trinajstić information content (AvgIpc) is 3.31. The van der Waals surface area contributed by atoms with Gasteiger partial charge in [-0.05, 0) is 66.8 Å². The molecule has 1 saturated heterocycles. The van der Waals surface area contributed by atoms with Crippen LogP contribution in [0.2, 0.25) is 0 Å². The van der Waals surface area contributed by atoms with E-state index in [1.165, 1.54) is 16.5 Å². The predicted molar refractivity (Wildman–Crippen MR) is 158 cm³/mol. The molecule has 6 rings (SSSR count). The Balaban J connectivity index is 1.16. The van der Waals surface area contributed by atoms with Crippen LogP contribution >= 0.6 is 11.8 Å². The third-order valence-electron chi connectivity index (χ3n) is 7.47. The number of hydrogen-bond donors (Lipinski definition) is 2. The van der Waals surface area contributed by atoms with Crippen LogP contribution in [0.25, 0.3) is 17.0 Å². The van der Waals surface area contributed by atoms with Crippen LogP contribution in [0, 0.1) is 0 Å². The van der Waals surface area contributed by atoms with Crippen molar-refractivity contribution in [3.63, 3.8) is 0 Å². The van der Waals surface area contributed by atoms with Crippen LogP contribution in [0.1, 0.15) is 42.5 Å². The van der Waals surface area contributed by atoms with E-state index in [2.05, 4.69) is 61.9 Å². The van der Waals surface area contributed by atoms with E-state index < -0.39 is 0 Å². The van der Waals surface area contributed by atoms with E-state index in [4.69, 9.17) is 4.98 Å². The van der Waals surface area contributed by atoms with Crippen LogP contribution in [0.4, 0.5) is 10.7 Å². The minimum absolute atomic E-state index is 0.283. The van der Waals surface area contributed by atoms with Gasteiger partial charge in [0.25, 0.3) is 11.1 Å². The quantitative estimate of drug-likeness (QED) is 0.279. The smallest absolute Gasteiger partial charge is 0.290 e. The molecule has 202 valence electrons. The average molecular weight is 551 g/mol. The number of nitrogens with zero attached hydrogens (tertiary/aromatic N) is 4. The lowest BCUT2D eigenvalue weighted by atomic mass is 9.89. The number of fused-ring (bicyclic) bond motifs is 1. The molecule has 2 aromatic heterocycles. The molecule has 1 saturated carbocycles. The van der Waals surface area contributed by atoms with Crippen LogP contribution in [0.15, 0.2) is 84.0 Å². The highest BCUT2D eigenvalue weighted by molar-refractivity contribution is 8.18. The summed E-state index contributed by atoms with van der Waals surface area (Å²) >= 11 is 0.894. The lowest BCUT2D eigenvalue weighted by molar-refractivity contribution is -0.115. The first-order chi connectivity index (χ1) is 19.6. The van der Waals surface area contributed by atoms with Gasteiger partial charge in [-0.25, -0.2) is 9.97 Å². The second kappa shape index (κ2) is 12.0. The summed E-state index contributed by atoms with van der Waals surface area (Å²) in [6, 6.07) is 23.3. The molecule has 2 fully saturated rings. The van der Waals surface area contributed by atoms with E-state index in [9.17, 15) is 9.59 Å². The Labute approximate surface area is 237 Å². The molecule has 0 radical (unpaired) electrons. The Kier molecular flexibility index (Phi) is 7.83. The van der Waals surface area contributed by atoms with Crippen molar-refractivity contribution in [1.29, 1.82) is 0 Å². The lowest BCUT2D eigenvalue weighted by Gasteiger charge is -2.37. The van der Waals surface area contributed by atoms with Crippen molar-refractivity contribution >= 4 is 45.8 Å². The molecule has 0 unspecified atom stereocenters. The first-order valence-electron chi connectivity index (χ1n) is 13.6. The van der Waals surface area contributed by atoms with Crippen LogP contribution in [-0.2, 0) is 17.9 Å². The van der Waals surface area contributed by atoms with Crippen LogP contribution < -0.4 is 15.5 Å². The third-order valence-corrected chi connectivity index (χ3v) is 8.28. The van der Waals surface area contributed by atoms with Gasteiger partial charge in [0.1, 0.15) is 0 Å². The molecule has 2 amide bonds. The van der Waals surface area contributed by atoms with Crippen molar-refractivity contribution in [2.45, 2.75) is 50.9 Å². The van der Waals surface area contributed by atoms with Gasteiger partial charge in [-0.15, -0.1) is 0 Å². The first kappa shape index (κ1) is 26.2. The van der Waals surface area contributed by atoms with Gasteiger partial charge in [0, 0.05) is 43.0 Å². The predicted octanol–water partition coefficient (Wildman–Crippen LogP) is 5.46. The summed E-state index contributed by atoms with van der Waals surface area (Å²) in [6.45, 7) is 1.49. The van der Waals surface area contributed by atoms with Crippen LogP contribution in [0.5, 0.6) is 0 Å². The van der Waals surface area contributed by atoms with Crippen molar-refractivity contribution in [2.75, 3.05) is 4.90 Å². The fraction of sp³-hybridized carbons (Fsp3) is 0.258. The van der Waals surface area contributed by atoms with Crippen LogP contribution in [0.3, 0.4) is 0 Å². The topological polar surface area (TPSA) is 100 Å². The molecule has 9 heteroatoms. The third kappa shape index (κ3) is 6.05. The number of imide groups is 1. The van der Waals surface area contributed by atoms with E-state index in [1.807, 2.05) is 30.5 Å². The summed E-state index contributed by atoms with van der Waals surface area (Å²) < 4.78 is 0. The Bertz CT molecular complexity index is 1550. The van der Waals surface area contributed by atoms with E-state index in [-0.39, 0.29) is 17.2 Å². The second-order valence-corrected chi connectivity index (χ2v) is 11.1. The molecule has 8 nitrogen and oxygen atoms in total. The standard InChI is InChI=1S/C31H30N6O2S/c38-29-27(40-31(39)36-29)18-25-15-17-33-30(35-25)37(20-21-6-2-1-3-7-21)26-13-11-24(12-14-26)34-19-23-9-4-8-22-10-5-16-32-28(22)23/h1-10,15-18,24,26,34H,11-14,19-20H2,(H,36,38,39). The molecule has 1 aliphatic heterocycles. The van der Waals surface area contributed by atoms with Crippen molar-refractivity contribution < 1.29 is 9.59 Å². The zero-order valence-electron chi connectivity index (χ0n) is 22.0. The number of thioether (sulfide) groups is 1. The second-order valence-electron chi connectivity index (χ2n) is 10.1. The fourth-order valence-corrected chi connectivity index (χ4v) is 6.10. The number of carbonyl (C=O) groups is 2. The minimum atomic E-state index is -0.388. The molecule has 1 aliphatic carbocycles. The summed E-state index contributed by atoms with van der Waals surface area (Å²) in [5.74, 6) is 0.243. The molecule has 4 aromatic rings. The van der Waals surface area contributed by atoms with Gasteiger partial charge in [-0.1, -0.05) is 54.6 Å². The Hall–Kier alpha value is -4.08. The zero-order valence-corrected chi connectivity index (χ0v) is 22.8. The van der Waals surface area contributed by atoms with Crippen molar-refractivity contribution in [3.05, 3.63) is 101 Å². The van der Waals surface area contributed by atoms with E-state index in [1.54, 1.807) is 18.3 Å². The first-order valence-corrected chi connectivity index (χ1v) is 14.4. The molecule has 0 bridgehead atoms. The molecule has 0 spiro atoms. The van der Waals surface area contributed by atoms with E-state index in [0.717, 1.165) is 49.5 Å². The van der Waals surface area contributed by atoms with E-state index in [0.29, 0.717) is 29.1 Å². The van der Waals surface area contributed by atoms with Gasteiger partial charge in [0.2, 0.25) is 5.95 Å². The number of amides is 2. The zero-order chi connectivity index (χ0) is 27.3. The number of hydrogen-bond acceptors (Lipinski definition) is 8. The minimum Gasteiger partial charge on any atom is -0.333 e. The maximum Gasteiger partial charge on any atom is 0.290 e. The Morgan fingerprint density at radius 3 is 2.55 bits per heavy atom. The van der Waals surface area contributed by atoms with Crippen molar-refractivity contribution in [1.82, 2.24) is 25.6 Å². The molecule has 2 aromatic carbocycles. The largest absolute Gasteiger partial charge is 0.333 e.